The number of carboxylic acids is 1. The van der Waals surface area contributed by atoms with Crippen LogP contribution in [-0.4, -0.2) is 40.0 Å². The SMILES string of the molecule is O=C(O)c1ccc(/C=C/C(=O)N2CCC(c3ncco3)CC2)cc1. The fourth-order valence-corrected chi connectivity index (χ4v) is 2.79. The van der Waals surface area contributed by atoms with Crippen LogP contribution in [0.25, 0.3) is 6.08 Å². The van der Waals surface area contributed by atoms with Crippen molar-refractivity contribution >= 4 is 18.0 Å². The van der Waals surface area contributed by atoms with Crippen LogP contribution in [0.5, 0.6) is 0 Å². The number of carboxylic acid groups (broad SMARTS) is 1. The molecule has 0 unspecified atom stereocenters. The van der Waals surface area contributed by atoms with Crippen LogP contribution in [0.2, 0.25) is 0 Å². The highest BCUT2D eigenvalue weighted by molar-refractivity contribution is 5.92. The summed E-state index contributed by atoms with van der Waals surface area (Å²) in [5.41, 5.74) is 1.02. The highest BCUT2D eigenvalue weighted by Crippen LogP contribution is 2.26. The van der Waals surface area contributed by atoms with Crippen molar-refractivity contribution in [1.82, 2.24) is 9.88 Å². The number of amides is 1. The molecule has 124 valence electrons. The van der Waals surface area contributed by atoms with Crippen LogP contribution in [0.3, 0.4) is 0 Å². The lowest BCUT2D eigenvalue weighted by Gasteiger charge is -2.29. The highest BCUT2D eigenvalue weighted by atomic mass is 16.4. The number of aromatic carboxylic acids is 1. The minimum atomic E-state index is -0.962. The summed E-state index contributed by atoms with van der Waals surface area (Å²) in [7, 11) is 0. The highest BCUT2D eigenvalue weighted by Gasteiger charge is 2.25. The number of aromatic nitrogens is 1. The average Bonchev–Trinajstić information content (AvgIpc) is 3.15. The summed E-state index contributed by atoms with van der Waals surface area (Å²) in [5, 5.41) is 8.86. The fraction of sp³-hybridized carbons (Fsp3) is 0.278. The predicted octanol–water partition coefficient (Wildman–Crippen LogP) is 2.79. The third-order valence-electron chi connectivity index (χ3n) is 4.18. The number of nitrogens with zero attached hydrogens (tertiary/aromatic N) is 2. The molecule has 1 aliphatic heterocycles. The van der Waals surface area contributed by atoms with E-state index in [9.17, 15) is 9.59 Å². The molecule has 1 amide bonds. The lowest BCUT2D eigenvalue weighted by molar-refractivity contribution is -0.127. The summed E-state index contributed by atoms with van der Waals surface area (Å²) < 4.78 is 5.33. The molecule has 0 bridgehead atoms. The van der Waals surface area contributed by atoms with Crippen molar-refractivity contribution in [3.8, 4) is 0 Å². The number of piperidine rings is 1. The normalized spacial score (nSPS) is 15.8. The van der Waals surface area contributed by atoms with E-state index in [0.717, 1.165) is 24.3 Å². The topological polar surface area (TPSA) is 83.6 Å². The second kappa shape index (κ2) is 7.12. The van der Waals surface area contributed by atoms with Crippen LogP contribution in [0.15, 0.2) is 47.2 Å². The molecule has 24 heavy (non-hydrogen) atoms. The Balaban J connectivity index is 1.54. The molecule has 6 heteroatoms. The predicted molar refractivity (Wildman–Crippen MR) is 87.5 cm³/mol. The van der Waals surface area contributed by atoms with E-state index in [-0.39, 0.29) is 17.4 Å². The van der Waals surface area contributed by atoms with E-state index in [1.807, 2.05) is 4.90 Å². The van der Waals surface area contributed by atoms with Gasteiger partial charge in [0.25, 0.3) is 0 Å². The number of benzene rings is 1. The van der Waals surface area contributed by atoms with Gasteiger partial charge in [0.05, 0.1) is 11.8 Å². The minimum Gasteiger partial charge on any atom is -0.478 e. The summed E-state index contributed by atoms with van der Waals surface area (Å²) in [6.45, 7) is 1.35. The maximum absolute atomic E-state index is 12.2. The molecule has 2 heterocycles. The van der Waals surface area contributed by atoms with Gasteiger partial charge in [-0.15, -0.1) is 0 Å². The Morgan fingerprint density at radius 3 is 2.50 bits per heavy atom. The maximum Gasteiger partial charge on any atom is 0.335 e. The van der Waals surface area contributed by atoms with Crippen molar-refractivity contribution in [2.24, 2.45) is 0 Å². The van der Waals surface area contributed by atoms with E-state index >= 15 is 0 Å². The number of rotatable bonds is 4. The molecule has 1 saturated heterocycles. The Morgan fingerprint density at radius 2 is 1.92 bits per heavy atom. The molecular weight excluding hydrogens is 308 g/mol. The molecule has 0 atom stereocenters. The Labute approximate surface area is 139 Å². The number of likely N-dealkylation sites (tertiary alicyclic amines) is 1. The van der Waals surface area contributed by atoms with E-state index in [0.29, 0.717) is 13.1 Å². The van der Waals surface area contributed by atoms with Crippen LogP contribution < -0.4 is 0 Å². The molecule has 1 N–H and O–H groups in total. The zero-order chi connectivity index (χ0) is 16.9. The number of hydrogen-bond donors (Lipinski definition) is 1. The van der Waals surface area contributed by atoms with Crippen molar-refractivity contribution in [2.75, 3.05) is 13.1 Å². The van der Waals surface area contributed by atoms with Crippen molar-refractivity contribution < 1.29 is 19.1 Å². The summed E-state index contributed by atoms with van der Waals surface area (Å²) in [6, 6.07) is 6.41. The van der Waals surface area contributed by atoms with Crippen LogP contribution in [-0.2, 0) is 4.79 Å². The van der Waals surface area contributed by atoms with Gasteiger partial charge < -0.3 is 14.4 Å². The first-order chi connectivity index (χ1) is 11.6. The van der Waals surface area contributed by atoms with Gasteiger partial charge in [-0.1, -0.05) is 12.1 Å². The number of hydrogen-bond acceptors (Lipinski definition) is 4. The first-order valence-corrected chi connectivity index (χ1v) is 7.83. The van der Waals surface area contributed by atoms with Crippen LogP contribution in [0.4, 0.5) is 0 Å². The molecule has 0 aliphatic carbocycles. The summed E-state index contributed by atoms with van der Waals surface area (Å²) in [4.78, 5) is 29.0. The maximum atomic E-state index is 12.2. The van der Waals surface area contributed by atoms with Crippen LogP contribution in [0, 0.1) is 0 Å². The van der Waals surface area contributed by atoms with Crippen molar-refractivity contribution in [1.29, 1.82) is 0 Å². The zero-order valence-electron chi connectivity index (χ0n) is 13.1. The van der Waals surface area contributed by atoms with Gasteiger partial charge in [-0.3, -0.25) is 4.79 Å². The summed E-state index contributed by atoms with van der Waals surface area (Å²) in [6.07, 6.45) is 8.13. The lowest BCUT2D eigenvalue weighted by Crippen LogP contribution is -2.36. The van der Waals surface area contributed by atoms with Gasteiger partial charge in [0.1, 0.15) is 6.26 Å². The first kappa shape index (κ1) is 16.0. The van der Waals surface area contributed by atoms with Crippen molar-refractivity contribution in [2.45, 2.75) is 18.8 Å². The third-order valence-corrected chi connectivity index (χ3v) is 4.18. The molecular formula is C18H18N2O4. The number of oxazole rings is 1. The lowest BCUT2D eigenvalue weighted by atomic mass is 9.96. The van der Waals surface area contributed by atoms with Gasteiger partial charge in [0, 0.05) is 25.1 Å². The van der Waals surface area contributed by atoms with Gasteiger partial charge in [-0.2, -0.15) is 0 Å². The molecule has 1 fully saturated rings. The Morgan fingerprint density at radius 1 is 1.21 bits per heavy atom. The van der Waals surface area contributed by atoms with Crippen LogP contribution >= 0.6 is 0 Å². The van der Waals surface area contributed by atoms with E-state index in [1.54, 1.807) is 30.7 Å². The first-order valence-electron chi connectivity index (χ1n) is 7.83. The second-order valence-corrected chi connectivity index (χ2v) is 5.73. The monoisotopic (exact) mass is 326 g/mol. The van der Waals surface area contributed by atoms with Gasteiger partial charge in [0.15, 0.2) is 5.89 Å². The van der Waals surface area contributed by atoms with Crippen molar-refractivity contribution in [3.05, 3.63) is 59.8 Å². The smallest absolute Gasteiger partial charge is 0.335 e. The molecule has 1 aromatic carbocycles. The molecule has 1 aliphatic rings. The standard InChI is InChI=1S/C18H18N2O4/c21-16(6-3-13-1-4-15(5-2-13)18(22)23)20-10-7-14(8-11-20)17-19-9-12-24-17/h1-6,9,12,14H,7-8,10-11H2,(H,22,23)/b6-3+. The summed E-state index contributed by atoms with van der Waals surface area (Å²) >= 11 is 0. The molecule has 0 saturated carbocycles. The fourth-order valence-electron chi connectivity index (χ4n) is 2.79. The van der Waals surface area contributed by atoms with E-state index in [1.165, 1.54) is 18.2 Å². The molecule has 2 aromatic rings. The van der Waals surface area contributed by atoms with Gasteiger partial charge in [-0.25, -0.2) is 9.78 Å². The zero-order valence-corrected chi connectivity index (χ0v) is 13.1. The van der Waals surface area contributed by atoms with E-state index in [2.05, 4.69) is 4.98 Å². The van der Waals surface area contributed by atoms with E-state index in [4.69, 9.17) is 9.52 Å². The van der Waals surface area contributed by atoms with E-state index < -0.39 is 5.97 Å². The third kappa shape index (κ3) is 3.71. The largest absolute Gasteiger partial charge is 0.478 e. The van der Waals surface area contributed by atoms with Crippen molar-refractivity contribution in [3.63, 3.8) is 0 Å². The summed E-state index contributed by atoms with van der Waals surface area (Å²) in [5.74, 6) is 0.0199. The molecule has 0 spiro atoms. The van der Waals surface area contributed by atoms with Crippen LogP contribution in [0.1, 0.15) is 40.6 Å². The molecule has 3 rings (SSSR count). The molecule has 0 radical (unpaired) electrons. The van der Waals surface area contributed by atoms with Gasteiger partial charge >= 0.3 is 5.97 Å². The molecule has 1 aromatic heterocycles. The van der Waals surface area contributed by atoms with Gasteiger partial charge in [0.2, 0.25) is 5.91 Å². The molecule has 6 nitrogen and oxygen atoms in total. The second-order valence-electron chi connectivity index (χ2n) is 5.73. The minimum absolute atomic E-state index is 0.0387. The number of carbonyl (C=O) groups excluding carboxylic acids is 1. The van der Waals surface area contributed by atoms with Gasteiger partial charge in [-0.05, 0) is 36.6 Å². The Bertz CT molecular complexity index is 727. The quantitative estimate of drug-likeness (QED) is 0.874. The average molecular weight is 326 g/mol. The Kier molecular flexibility index (Phi) is 4.74. The number of carbonyl (C=O) groups is 2. The Hall–Kier alpha value is -2.89.